The number of amides is 1. The van der Waals surface area contributed by atoms with Crippen LogP contribution in [0.15, 0.2) is 43.0 Å². The lowest BCUT2D eigenvalue weighted by atomic mass is 9.87. The second-order valence-corrected chi connectivity index (χ2v) is 7.55. The van der Waals surface area contributed by atoms with Crippen molar-refractivity contribution in [3.63, 3.8) is 0 Å². The van der Waals surface area contributed by atoms with E-state index >= 15 is 0 Å². The summed E-state index contributed by atoms with van der Waals surface area (Å²) in [5.41, 5.74) is 6.96. The minimum Gasteiger partial charge on any atom is -0.370 e. The topological polar surface area (TPSA) is 55.6 Å². The number of hydrogen-bond donors (Lipinski definition) is 1. The highest BCUT2D eigenvalue weighted by Crippen LogP contribution is 2.33. The van der Waals surface area contributed by atoms with E-state index < -0.39 is 0 Å². The van der Waals surface area contributed by atoms with Crippen molar-refractivity contribution < 1.29 is 9.53 Å². The molecular weight excluding hydrogens is 312 g/mol. The van der Waals surface area contributed by atoms with Gasteiger partial charge < -0.3 is 15.4 Å². The molecule has 1 aliphatic carbocycles. The van der Waals surface area contributed by atoms with Crippen LogP contribution in [0.3, 0.4) is 0 Å². The van der Waals surface area contributed by atoms with Crippen molar-refractivity contribution in [3.05, 3.63) is 48.6 Å². The van der Waals surface area contributed by atoms with Gasteiger partial charge in [-0.25, -0.2) is 0 Å². The lowest BCUT2D eigenvalue weighted by molar-refractivity contribution is -0.143. The second-order valence-electron chi connectivity index (χ2n) is 7.55. The summed E-state index contributed by atoms with van der Waals surface area (Å²) in [6.45, 7) is 6.06. The Hall–Kier alpha value is -1.65. The van der Waals surface area contributed by atoms with Gasteiger partial charge in [0.2, 0.25) is 5.91 Å². The maximum atomic E-state index is 12.7. The zero-order valence-electron chi connectivity index (χ0n) is 15.0. The molecule has 2 N–H and O–H groups in total. The lowest BCUT2D eigenvalue weighted by Gasteiger charge is -2.42. The maximum absolute atomic E-state index is 12.7. The molecule has 0 unspecified atom stereocenters. The van der Waals surface area contributed by atoms with Crippen molar-refractivity contribution in [1.29, 1.82) is 0 Å². The van der Waals surface area contributed by atoms with Gasteiger partial charge in [-0.1, -0.05) is 36.4 Å². The van der Waals surface area contributed by atoms with Gasteiger partial charge in [-0.15, -0.1) is 6.58 Å². The molecule has 136 valence electrons. The molecule has 1 aliphatic heterocycles. The molecule has 3 rings (SSSR count). The van der Waals surface area contributed by atoms with Crippen molar-refractivity contribution >= 4 is 5.91 Å². The fourth-order valence-electron chi connectivity index (χ4n) is 4.11. The lowest BCUT2D eigenvalue weighted by Crippen LogP contribution is -2.49. The molecule has 1 saturated carbocycles. The maximum Gasteiger partial charge on any atom is 0.225 e. The highest BCUT2D eigenvalue weighted by Gasteiger charge is 2.38. The molecule has 0 bridgehead atoms. The van der Waals surface area contributed by atoms with Gasteiger partial charge in [-0.3, -0.25) is 4.79 Å². The minimum absolute atomic E-state index is 0.132. The molecule has 1 heterocycles. The number of ether oxygens (including phenoxy) is 1. The first kappa shape index (κ1) is 18.2. The first-order valence-electron chi connectivity index (χ1n) is 9.45. The van der Waals surface area contributed by atoms with Gasteiger partial charge in [-0.2, -0.15) is 0 Å². The molecule has 0 radical (unpaired) electrons. The smallest absolute Gasteiger partial charge is 0.225 e. The number of nitrogens with zero attached hydrogens (tertiary/aromatic N) is 1. The van der Waals surface area contributed by atoms with Gasteiger partial charge in [0.15, 0.2) is 0 Å². The van der Waals surface area contributed by atoms with E-state index in [-0.39, 0.29) is 17.6 Å². The summed E-state index contributed by atoms with van der Waals surface area (Å²) in [6, 6.07) is 10.5. The Labute approximate surface area is 151 Å². The standard InChI is InChI=1S/C21H30N2O2/c1-2-10-21(25-16-17-6-4-3-5-7-17)11-13-23(14-12-21)20(24)18-8-9-19(22)15-18/h2-7,18-19H,1,8-16,22H2/t18-,19+/m0/s1. The highest BCUT2D eigenvalue weighted by molar-refractivity contribution is 5.79. The average Bonchev–Trinajstić information content (AvgIpc) is 3.08. The van der Waals surface area contributed by atoms with Crippen LogP contribution in [0.5, 0.6) is 0 Å². The molecule has 2 aliphatic rings. The Bertz CT molecular complexity index is 579. The second kappa shape index (κ2) is 8.15. The molecule has 1 aromatic rings. The first-order valence-corrected chi connectivity index (χ1v) is 9.45. The quantitative estimate of drug-likeness (QED) is 0.807. The first-order chi connectivity index (χ1) is 12.1. The SMILES string of the molecule is C=CCC1(OCc2ccccc2)CCN(C(=O)[C@H]2CC[C@@H](N)C2)CC1. The van der Waals surface area contributed by atoms with Crippen LogP contribution in [-0.2, 0) is 16.1 Å². The largest absolute Gasteiger partial charge is 0.370 e. The Morgan fingerprint density at radius 2 is 2.00 bits per heavy atom. The van der Waals surface area contributed by atoms with Crippen LogP contribution in [0.1, 0.15) is 44.1 Å². The van der Waals surface area contributed by atoms with Gasteiger partial charge in [0.25, 0.3) is 0 Å². The summed E-state index contributed by atoms with van der Waals surface area (Å²) in [5, 5.41) is 0. The van der Waals surface area contributed by atoms with Crippen molar-refractivity contribution in [3.8, 4) is 0 Å². The monoisotopic (exact) mass is 342 g/mol. The third-order valence-electron chi connectivity index (χ3n) is 5.71. The molecule has 2 atom stereocenters. The Morgan fingerprint density at radius 1 is 1.28 bits per heavy atom. The van der Waals surface area contributed by atoms with Gasteiger partial charge in [0.1, 0.15) is 0 Å². The number of likely N-dealkylation sites (tertiary alicyclic amines) is 1. The number of hydrogen-bond acceptors (Lipinski definition) is 3. The third-order valence-corrected chi connectivity index (χ3v) is 5.71. The Morgan fingerprint density at radius 3 is 2.60 bits per heavy atom. The van der Waals surface area contributed by atoms with E-state index in [0.717, 1.165) is 51.6 Å². The molecule has 1 amide bonds. The van der Waals surface area contributed by atoms with Gasteiger partial charge in [0.05, 0.1) is 12.2 Å². The van der Waals surface area contributed by atoms with E-state index in [9.17, 15) is 4.79 Å². The summed E-state index contributed by atoms with van der Waals surface area (Å²) in [7, 11) is 0. The van der Waals surface area contributed by atoms with Gasteiger partial charge in [-0.05, 0) is 44.1 Å². The molecule has 0 spiro atoms. The van der Waals surface area contributed by atoms with Crippen LogP contribution in [0, 0.1) is 5.92 Å². The number of rotatable bonds is 6. The summed E-state index contributed by atoms with van der Waals surface area (Å²) < 4.78 is 6.34. The third kappa shape index (κ3) is 4.50. The molecule has 4 nitrogen and oxygen atoms in total. The fourth-order valence-corrected chi connectivity index (χ4v) is 4.11. The number of carbonyl (C=O) groups is 1. The van der Waals surface area contributed by atoms with E-state index in [1.165, 1.54) is 5.56 Å². The van der Waals surface area contributed by atoms with E-state index in [1.807, 2.05) is 29.2 Å². The van der Waals surface area contributed by atoms with E-state index in [2.05, 4.69) is 18.7 Å². The number of nitrogens with two attached hydrogens (primary N) is 1. The Balaban J connectivity index is 1.56. The summed E-state index contributed by atoms with van der Waals surface area (Å²) >= 11 is 0. The summed E-state index contributed by atoms with van der Waals surface area (Å²) in [6.07, 6.45) is 7.28. The fraction of sp³-hybridized carbons (Fsp3) is 0.571. The Kier molecular flexibility index (Phi) is 5.92. The molecule has 4 heteroatoms. The minimum atomic E-state index is -0.194. The van der Waals surface area contributed by atoms with Crippen LogP contribution < -0.4 is 5.73 Å². The molecule has 1 saturated heterocycles. The zero-order valence-corrected chi connectivity index (χ0v) is 15.0. The average molecular weight is 342 g/mol. The van der Waals surface area contributed by atoms with E-state index in [1.54, 1.807) is 0 Å². The van der Waals surface area contributed by atoms with E-state index in [4.69, 9.17) is 10.5 Å². The van der Waals surface area contributed by atoms with Crippen LogP contribution in [0.2, 0.25) is 0 Å². The van der Waals surface area contributed by atoms with Crippen LogP contribution in [0.25, 0.3) is 0 Å². The molecule has 0 aromatic heterocycles. The van der Waals surface area contributed by atoms with Crippen LogP contribution in [-0.4, -0.2) is 35.5 Å². The summed E-state index contributed by atoms with van der Waals surface area (Å²) in [4.78, 5) is 14.7. The highest BCUT2D eigenvalue weighted by atomic mass is 16.5. The predicted octanol–water partition coefficient (Wildman–Crippen LogP) is 3.27. The van der Waals surface area contributed by atoms with Crippen molar-refractivity contribution in [2.45, 2.75) is 56.8 Å². The number of piperidine rings is 1. The van der Waals surface area contributed by atoms with Crippen molar-refractivity contribution in [2.75, 3.05) is 13.1 Å². The predicted molar refractivity (Wildman–Crippen MR) is 99.9 cm³/mol. The molecular formula is C21H30N2O2. The zero-order chi connectivity index (χ0) is 17.7. The van der Waals surface area contributed by atoms with Gasteiger partial charge in [0, 0.05) is 25.0 Å². The number of carbonyl (C=O) groups excluding carboxylic acids is 1. The molecule has 25 heavy (non-hydrogen) atoms. The molecule has 1 aromatic carbocycles. The summed E-state index contributed by atoms with van der Waals surface area (Å²) in [5.74, 6) is 0.426. The number of benzene rings is 1. The van der Waals surface area contributed by atoms with Gasteiger partial charge >= 0.3 is 0 Å². The van der Waals surface area contributed by atoms with E-state index in [0.29, 0.717) is 12.5 Å². The van der Waals surface area contributed by atoms with Crippen LogP contribution >= 0.6 is 0 Å². The van der Waals surface area contributed by atoms with Crippen molar-refractivity contribution in [2.24, 2.45) is 11.7 Å². The molecule has 2 fully saturated rings. The van der Waals surface area contributed by atoms with Crippen molar-refractivity contribution in [1.82, 2.24) is 4.90 Å². The van der Waals surface area contributed by atoms with Crippen LogP contribution in [0.4, 0.5) is 0 Å². The normalized spacial score (nSPS) is 25.7.